The van der Waals surface area contributed by atoms with Crippen molar-refractivity contribution in [3.8, 4) is 0 Å². The van der Waals surface area contributed by atoms with Crippen molar-refractivity contribution < 1.29 is 18.7 Å². The van der Waals surface area contributed by atoms with Crippen LogP contribution in [0.2, 0.25) is 0 Å². The highest BCUT2D eigenvalue weighted by Gasteiger charge is 2.22. The molecule has 1 aromatic heterocycles. The number of hydrogen-bond donors (Lipinski definition) is 1. The lowest BCUT2D eigenvalue weighted by atomic mass is 10.2. The van der Waals surface area contributed by atoms with E-state index < -0.39 is 17.6 Å². The first-order valence-corrected chi connectivity index (χ1v) is 6.45. The van der Waals surface area contributed by atoms with Crippen LogP contribution in [0.3, 0.4) is 0 Å². The number of aryl methyl sites for hydroxylation is 1. The van der Waals surface area contributed by atoms with Gasteiger partial charge in [-0.1, -0.05) is 0 Å². The molecule has 0 fully saturated rings. The third-order valence-corrected chi connectivity index (χ3v) is 2.28. The van der Waals surface area contributed by atoms with E-state index in [1.807, 2.05) is 6.92 Å². The Morgan fingerprint density at radius 1 is 1.35 bits per heavy atom. The van der Waals surface area contributed by atoms with Gasteiger partial charge in [-0.05, 0) is 52.8 Å². The molecule has 0 aliphatic carbocycles. The Balaban J connectivity index is 2.49. The van der Waals surface area contributed by atoms with Crippen molar-refractivity contribution in [1.29, 1.82) is 0 Å². The van der Waals surface area contributed by atoms with Gasteiger partial charge in [0.15, 0.2) is 0 Å². The summed E-state index contributed by atoms with van der Waals surface area (Å²) in [6.45, 7) is 8.73. The van der Waals surface area contributed by atoms with Gasteiger partial charge < -0.3 is 14.5 Å². The minimum Gasteiger partial charge on any atom is -0.462 e. The van der Waals surface area contributed by atoms with Gasteiger partial charge in [0.25, 0.3) is 0 Å². The normalized spacial score (nSPS) is 13.2. The fraction of sp³-hybridized carbons (Fsp3) is 0.467. The molecule has 0 aliphatic heterocycles. The molecule has 1 heterocycles. The van der Waals surface area contributed by atoms with Crippen molar-refractivity contribution in [2.75, 3.05) is 0 Å². The molecule has 1 N–H and O–H groups in total. The molecule has 0 saturated carbocycles. The summed E-state index contributed by atoms with van der Waals surface area (Å²) in [5.74, 6) is 0.514. The highest BCUT2D eigenvalue weighted by molar-refractivity contribution is 5.94. The van der Waals surface area contributed by atoms with Crippen LogP contribution in [0.15, 0.2) is 22.6 Å². The average Bonchev–Trinajstić information content (AvgIpc) is 2.70. The van der Waals surface area contributed by atoms with E-state index in [0.29, 0.717) is 5.76 Å². The predicted molar refractivity (Wildman–Crippen MR) is 75.9 cm³/mol. The lowest BCUT2D eigenvalue weighted by molar-refractivity contribution is -0.157. The summed E-state index contributed by atoms with van der Waals surface area (Å²) in [7, 11) is 0. The molecule has 1 aromatic rings. The van der Waals surface area contributed by atoms with Crippen molar-refractivity contribution >= 4 is 18.0 Å². The van der Waals surface area contributed by atoms with Gasteiger partial charge in [-0.15, -0.1) is 0 Å². The molecule has 1 amide bonds. The third-order valence-electron chi connectivity index (χ3n) is 2.28. The Morgan fingerprint density at radius 3 is 2.50 bits per heavy atom. The van der Waals surface area contributed by atoms with Crippen molar-refractivity contribution in [1.82, 2.24) is 5.32 Å². The molecule has 1 rings (SSSR count). The van der Waals surface area contributed by atoms with E-state index in [1.165, 1.54) is 6.08 Å². The summed E-state index contributed by atoms with van der Waals surface area (Å²) in [5, 5.41) is 2.54. The van der Waals surface area contributed by atoms with E-state index in [-0.39, 0.29) is 5.91 Å². The molecule has 110 valence electrons. The number of rotatable bonds is 4. The second-order valence-corrected chi connectivity index (χ2v) is 5.55. The van der Waals surface area contributed by atoms with Crippen LogP contribution >= 0.6 is 0 Å². The molecule has 5 heteroatoms. The van der Waals surface area contributed by atoms with Gasteiger partial charge in [-0.25, -0.2) is 4.79 Å². The highest BCUT2D eigenvalue weighted by atomic mass is 16.6. The van der Waals surface area contributed by atoms with Crippen LogP contribution in [0, 0.1) is 6.92 Å². The van der Waals surface area contributed by atoms with E-state index in [9.17, 15) is 9.59 Å². The summed E-state index contributed by atoms with van der Waals surface area (Å²) in [4.78, 5) is 23.3. The van der Waals surface area contributed by atoms with Crippen LogP contribution in [-0.2, 0) is 14.3 Å². The maximum absolute atomic E-state index is 11.7. The van der Waals surface area contributed by atoms with Gasteiger partial charge >= 0.3 is 5.97 Å². The van der Waals surface area contributed by atoms with E-state index in [1.54, 1.807) is 45.9 Å². The number of carbonyl (C=O) groups excluding carboxylic acids is 2. The first-order chi connectivity index (χ1) is 9.17. The van der Waals surface area contributed by atoms with Crippen molar-refractivity contribution in [3.63, 3.8) is 0 Å². The fourth-order valence-electron chi connectivity index (χ4n) is 1.41. The second-order valence-electron chi connectivity index (χ2n) is 5.55. The predicted octanol–water partition coefficient (Wildman–Crippen LogP) is 2.45. The lowest BCUT2D eigenvalue weighted by Crippen LogP contribution is -2.41. The van der Waals surface area contributed by atoms with E-state index >= 15 is 0 Å². The number of nitrogens with one attached hydrogen (secondary N) is 1. The van der Waals surface area contributed by atoms with Crippen LogP contribution in [0.5, 0.6) is 0 Å². The summed E-state index contributed by atoms with van der Waals surface area (Å²) in [6, 6.07) is 2.86. The molecule has 20 heavy (non-hydrogen) atoms. The largest absolute Gasteiger partial charge is 0.462 e. The van der Waals surface area contributed by atoms with Crippen molar-refractivity contribution in [3.05, 3.63) is 29.7 Å². The Hall–Kier alpha value is -2.04. The van der Waals surface area contributed by atoms with Crippen LogP contribution in [0.1, 0.15) is 39.2 Å². The molecule has 1 atom stereocenters. The molecule has 0 unspecified atom stereocenters. The van der Waals surface area contributed by atoms with Gasteiger partial charge in [-0.3, -0.25) is 4.79 Å². The molecular formula is C15H21NO4. The van der Waals surface area contributed by atoms with Crippen LogP contribution in [0.25, 0.3) is 6.08 Å². The number of ether oxygens (including phenoxy) is 1. The van der Waals surface area contributed by atoms with E-state index in [2.05, 4.69) is 5.32 Å². The summed E-state index contributed by atoms with van der Waals surface area (Å²) < 4.78 is 10.5. The Bertz CT molecular complexity index is 508. The Kier molecular flexibility index (Phi) is 5.13. The molecule has 0 spiro atoms. The van der Waals surface area contributed by atoms with Crippen LogP contribution in [0.4, 0.5) is 0 Å². The molecule has 0 aliphatic rings. The van der Waals surface area contributed by atoms with Gasteiger partial charge in [0.2, 0.25) is 5.91 Å². The summed E-state index contributed by atoms with van der Waals surface area (Å²) in [6.07, 6.45) is 2.86. The molecule has 0 radical (unpaired) electrons. The third kappa shape index (κ3) is 5.73. The average molecular weight is 279 g/mol. The first kappa shape index (κ1) is 16.0. The van der Waals surface area contributed by atoms with Gasteiger partial charge in [0.1, 0.15) is 23.2 Å². The molecular weight excluding hydrogens is 258 g/mol. The van der Waals surface area contributed by atoms with Gasteiger partial charge in [0, 0.05) is 6.08 Å². The van der Waals surface area contributed by atoms with Crippen molar-refractivity contribution in [2.45, 2.75) is 46.3 Å². The Labute approximate surface area is 119 Å². The molecule has 5 nitrogen and oxygen atoms in total. The smallest absolute Gasteiger partial charge is 0.328 e. The lowest BCUT2D eigenvalue weighted by Gasteiger charge is -2.22. The zero-order valence-corrected chi connectivity index (χ0v) is 12.5. The number of hydrogen-bond acceptors (Lipinski definition) is 4. The zero-order valence-electron chi connectivity index (χ0n) is 12.5. The van der Waals surface area contributed by atoms with Gasteiger partial charge in [-0.2, -0.15) is 0 Å². The van der Waals surface area contributed by atoms with Crippen molar-refractivity contribution in [2.24, 2.45) is 0 Å². The first-order valence-electron chi connectivity index (χ1n) is 6.45. The number of esters is 1. The monoisotopic (exact) mass is 279 g/mol. The number of amides is 1. The maximum atomic E-state index is 11.7. The highest BCUT2D eigenvalue weighted by Crippen LogP contribution is 2.09. The summed E-state index contributed by atoms with van der Waals surface area (Å²) >= 11 is 0. The van der Waals surface area contributed by atoms with E-state index in [4.69, 9.17) is 9.15 Å². The van der Waals surface area contributed by atoms with Crippen LogP contribution < -0.4 is 5.32 Å². The second kappa shape index (κ2) is 6.41. The Morgan fingerprint density at radius 2 is 2.00 bits per heavy atom. The maximum Gasteiger partial charge on any atom is 0.328 e. The SMILES string of the molecule is Cc1ccc(/C=C/C(=O)N[C@@H](C)C(=O)OC(C)(C)C)o1. The topological polar surface area (TPSA) is 68.5 Å². The molecule has 0 saturated heterocycles. The number of carbonyl (C=O) groups is 2. The van der Waals surface area contributed by atoms with E-state index in [0.717, 1.165) is 5.76 Å². The molecule has 0 bridgehead atoms. The quantitative estimate of drug-likeness (QED) is 0.679. The van der Waals surface area contributed by atoms with Crippen LogP contribution in [-0.4, -0.2) is 23.5 Å². The fourth-order valence-corrected chi connectivity index (χ4v) is 1.41. The number of furan rings is 1. The van der Waals surface area contributed by atoms with Gasteiger partial charge in [0.05, 0.1) is 0 Å². The minimum atomic E-state index is -0.704. The molecule has 0 aromatic carbocycles. The standard InChI is InChI=1S/C15H21NO4/c1-10-6-7-12(19-10)8-9-13(17)16-11(2)14(18)20-15(3,4)5/h6-9,11H,1-5H3,(H,16,17)/b9-8+/t11-/m0/s1. The zero-order chi connectivity index (χ0) is 15.3. The minimum absolute atomic E-state index is 0.377. The summed E-state index contributed by atoms with van der Waals surface area (Å²) in [5.41, 5.74) is -0.572.